The lowest BCUT2D eigenvalue weighted by atomic mass is 10.0. The van der Waals surface area contributed by atoms with Crippen molar-refractivity contribution in [3.8, 4) is 5.75 Å². The van der Waals surface area contributed by atoms with Crippen LogP contribution < -0.4 is 4.74 Å². The lowest BCUT2D eigenvalue weighted by Gasteiger charge is -2.06. The van der Waals surface area contributed by atoms with Crippen molar-refractivity contribution in [2.75, 3.05) is 6.61 Å². The molecule has 0 spiro atoms. The van der Waals surface area contributed by atoms with E-state index in [9.17, 15) is 18.4 Å². The van der Waals surface area contributed by atoms with Crippen molar-refractivity contribution in [2.24, 2.45) is 0 Å². The minimum Gasteiger partial charge on any atom is -0.466 e. The molecule has 1 aromatic carbocycles. The highest BCUT2D eigenvalue weighted by Crippen LogP contribution is 2.17. The van der Waals surface area contributed by atoms with Crippen LogP contribution in [0.2, 0.25) is 0 Å². The van der Waals surface area contributed by atoms with Gasteiger partial charge in [0.05, 0.1) is 6.61 Å². The first-order chi connectivity index (χ1) is 17.0. The molecule has 1 aromatic rings. The molecule has 200 valence electrons. The predicted molar refractivity (Wildman–Crippen MR) is 136 cm³/mol. The van der Waals surface area contributed by atoms with Gasteiger partial charge in [-0.25, -0.2) is 8.78 Å². The van der Waals surface area contributed by atoms with Crippen LogP contribution in [0.25, 0.3) is 0 Å². The van der Waals surface area contributed by atoms with Crippen LogP contribution in [-0.4, -0.2) is 18.5 Å². The Labute approximate surface area is 211 Å². The van der Waals surface area contributed by atoms with E-state index >= 15 is 0 Å². The van der Waals surface area contributed by atoms with Crippen molar-refractivity contribution >= 4 is 11.9 Å². The Morgan fingerprint density at radius 2 is 1.03 bits per heavy atom. The molecule has 0 amide bonds. The van der Waals surface area contributed by atoms with Gasteiger partial charge < -0.3 is 9.47 Å². The normalized spacial score (nSPS) is 10.9. The summed E-state index contributed by atoms with van der Waals surface area (Å²) in [6.07, 6.45) is 20.7. The van der Waals surface area contributed by atoms with Crippen LogP contribution in [0.4, 0.5) is 8.78 Å². The maximum Gasteiger partial charge on any atom is 0.311 e. The van der Waals surface area contributed by atoms with Crippen LogP contribution in [0.1, 0.15) is 129 Å². The molecule has 0 unspecified atom stereocenters. The highest BCUT2D eigenvalue weighted by molar-refractivity contribution is 5.72. The molecule has 0 aliphatic rings. The zero-order valence-electron chi connectivity index (χ0n) is 21.8. The maximum atomic E-state index is 13.1. The molecule has 0 saturated carbocycles. The predicted octanol–water partition coefficient (Wildman–Crippen LogP) is 8.85. The van der Waals surface area contributed by atoms with Gasteiger partial charge in [-0.15, -0.1) is 0 Å². The number of hydrogen-bond donors (Lipinski definition) is 0. The van der Waals surface area contributed by atoms with E-state index in [0.717, 1.165) is 25.0 Å². The van der Waals surface area contributed by atoms with Crippen LogP contribution in [0.15, 0.2) is 18.2 Å². The van der Waals surface area contributed by atoms with E-state index in [1.807, 2.05) is 0 Å². The molecule has 4 nitrogen and oxygen atoms in total. The van der Waals surface area contributed by atoms with Gasteiger partial charge >= 0.3 is 11.9 Å². The van der Waals surface area contributed by atoms with Gasteiger partial charge in [0.25, 0.3) is 0 Å². The zero-order chi connectivity index (χ0) is 25.6. The fraction of sp³-hybridized carbons (Fsp3) is 0.724. The lowest BCUT2D eigenvalue weighted by Crippen LogP contribution is -2.09. The molecule has 0 fully saturated rings. The molecule has 0 bridgehead atoms. The van der Waals surface area contributed by atoms with Gasteiger partial charge in [-0.2, -0.15) is 0 Å². The number of hydrogen-bond acceptors (Lipinski definition) is 4. The average Bonchev–Trinajstić information content (AvgIpc) is 2.81. The highest BCUT2D eigenvalue weighted by Gasteiger charge is 2.09. The van der Waals surface area contributed by atoms with E-state index in [4.69, 9.17) is 9.47 Å². The average molecular weight is 497 g/mol. The number of carbonyl (C=O) groups excluding carboxylic acids is 2. The fourth-order valence-corrected chi connectivity index (χ4v) is 4.04. The first-order valence-electron chi connectivity index (χ1n) is 13.8. The summed E-state index contributed by atoms with van der Waals surface area (Å²) >= 11 is 0. The van der Waals surface area contributed by atoms with Gasteiger partial charge in [0.1, 0.15) is 17.4 Å². The number of unbranched alkanes of at least 4 members (excludes halogenated alkanes) is 15. The third kappa shape index (κ3) is 19.0. The number of halogens is 2. The Kier molecular flexibility index (Phi) is 18.9. The third-order valence-corrected chi connectivity index (χ3v) is 6.09. The summed E-state index contributed by atoms with van der Waals surface area (Å²) in [7, 11) is 0. The smallest absolute Gasteiger partial charge is 0.311 e. The third-order valence-electron chi connectivity index (χ3n) is 6.09. The summed E-state index contributed by atoms with van der Waals surface area (Å²) in [4.78, 5) is 23.5. The van der Waals surface area contributed by atoms with Gasteiger partial charge in [-0.3, -0.25) is 9.59 Å². The molecule has 0 atom stereocenters. The van der Waals surface area contributed by atoms with Crippen LogP contribution >= 0.6 is 0 Å². The summed E-state index contributed by atoms with van der Waals surface area (Å²) in [6, 6.07) is 2.62. The van der Waals surface area contributed by atoms with Crippen molar-refractivity contribution in [1.29, 1.82) is 0 Å². The number of carbonyl (C=O) groups is 2. The van der Waals surface area contributed by atoms with Crippen LogP contribution in [0.5, 0.6) is 5.75 Å². The second kappa shape index (κ2) is 21.3. The van der Waals surface area contributed by atoms with Crippen molar-refractivity contribution in [3.05, 3.63) is 29.8 Å². The molecule has 6 heteroatoms. The lowest BCUT2D eigenvalue weighted by molar-refractivity contribution is -0.144. The number of esters is 2. The van der Waals surface area contributed by atoms with Crippen LogP contribution in [0.3, 0.4) is 0 Å². The first-order valence-corrected chi connectivity index (χ1v) is 13.8. The SMILES string of the molecule is CCCCCCCCCCCCCCCCCOC(=O)CCCCC(=O)Oc1cc(F)cc(F)c1. The zero-order valence-corrected chi connectivity index (χ0v) is 21.8. The molecule has 0 saturated heterocycles. The number of benzene rings is 1. The molecular formula is C29H46F2O4. The van der Waals surface area contributed by atoms with Crippen LogP contribution in [-0.2, 0) is 14.3 Å². The molecule has 0 N–H and O–H groups in total. The number of rotatable bonds is 22. The van der Waals surface area contributed by atoms with Gasteiger partial charge in [0, 0.05) is 31.0 Å². The largest absolute Gasteiger partial charge is 0.466 e. The minimum atomic E-state index is -0.801. The van der Waals surface area contributed by atoms with E-state index in [1.54, 1.807) is 0 Å². The molecule has 0 radical (unpaired) electrons. The van der Waals surface area contributed by atoms with Gasteiger partial charge in [-0.05, 0) is 19.3 Å². The Bertz CT molecular complexity index is 673. The Morgan fingerprint density at radius 1 is 0.600 bits per heavy atom. The molecule has 0 aromatic heterocycles. The van der Waals surface area contributed by atoms with Gasteiger partial charge in [0.2, 0.25) is 0 Å². The topological polar surface area (TPSA) is 52.6 Å². The van der Waals surface area contributed by atoms with Crippen molar-refractivity contribution in [1.82, 2.24) is 0 Å². The highest BCUT2D eigenvalue weighted by atomic mass is 19.1. The van der Waals surface area contributed by atoms with Gasteiger partial charge in [-0.1, -0.05) is 96.8 Å². The molecule has 0 heterocycles. The van der Waals surface area contributed by atoms with Crippen LogP contribution in [0, 0.1) is 11.6 Å². The maximum absolute atomic E-state index is 13.1. The molecule has 35 heavy (non-hydrogen) atoms. The summed E-state index contributed by atoms with van der Waals surface area (Å²) in [6.45, 7) is 2.71. The Balaban J connectivity index is 1.84. The minimum absolute atomic E-state index is 0.0739. The quantitative estimate of drug-likeness (QED) is 0.0914. The van der Waals surface area contributed by atoms with E-state index in [1.165, 1.54) is 83.5 Å². The van der Waals surface area contributed by atoms with E-state index in [-0.39, 0.29) is 24.6 Å². The van der Waals surface area contributed by atoms with E-state index in [2.05, 4.69) is 6.92 Å². The van der Waals surface area contributed by atoms with E-state index < -0.39 is 17.6 Å². The van der Waals surface area contributed by atoms with E-state index in [0.29, 0.717) is 25.5 Å². The van der Waals surface area contributed by atoms with Crippen molar-refractivity contribution in [2.45, 2.75) is 129 Å². The monoisotopic (exact) mass is 496 g/mol. The summed E-state index contributed by atoms with van der Waals surface area (Å²) < 4.78 is 36.3. The second-order valence-electron chi connectivity index (χ2n) is 9.46. The summed E-state index contributed by atoms with van der Waals surface area (Å²) in [5, 5.41) is 0. The Hall–Kier alpha value is -1.98. The first kappa shape index (κ1) is 31.1. The molecule has 0 aliphatic heterocycles. The summed E-state index contributed by atoms with van der Waals surface area (Å²) in [5.41, 5.74) is 0. The van der Waals surface area contributed by atoms with Crippen molar-refractivity contribution < 1.29 is 27.8 Å². The number of ether oxygens (including phenoxy) is 2. The van der Waals surface area contributed by atoms with Gasteiger partial charge in [0.15, 0.2) is 0 Å². The molecular weight excluding hydrogens is 450 g/mol. The standard InChI is InChI=1S/C29H46F2O4/c1-2-3-4-5-6-7-8-9-10-11-12-13-14-15-18-21-34-28(32)19-16-17-20-29(33)35-27-23-25(30)22-26(31)24-27/h22-24H,2-21H2,1H3. The fourth-order valence-electron chi connectivity index (χ4n) is 4.04. The van der Waals surface area contributed by atoms with Crippen molar-refractivity contribution in [3.63, 3.8) is 0 Å². The molecule has 0 aliphatic carbocycles. The summed E-state index contributed by atoms with van der Waals surface area (Å²) in [5.74, 6) is -2.60. The second-order valence-corrected chi connectivity index (χ2v) is 9.46. The molecule has 1 rings (SSSR count). The Morgan fingerprint density at radius 3 is 1.51 bits per heavy atom.